The van der Waals surface area contributed by atoms with E-state index in [1.54, 1.807) is 0 Å². The van der Waals surface area contributed by atoms with E-state index < -0.39 is 0 Å². The third kappa shape index (κ3) is 4.88. The summed E-state index contributed by atoms with van der Waals surface area (Å²) in [5, 5.41) is 2.77. The minimum absolute atomic E-state index is 0.0400. The Morgan fingerprint density at radius 2 is 2.05 bits per heavy atom. The molecular formula is C17H24N2O2. The maximum absolute atomic E-state index is 12.2. The zero-order chi connectivity index (χ0) is 15.1. The van der Waals surface area contributed by atoms with E-state index in [9.17, 15) is 9.59 Å². The summed E-state index contributed by atoms with van der Waals surface area (Å²) in [7, 11) is 1.86. The summed E-state index contributed by atoms with van der Waals surface area (Å²) in [6, 6.07) is 10.4. The third-order valence-electron chi connectivity index (χ3n) is 4.04. The Labute approximate surface area is 126 Å². The summed E-state index contributed by atoms with van der Waals surface area (Å²) in [4.78, 5) is 25.2. The number of carbonyl (C=O) groups excluding carboxylic acids is 2. The second-order valence-electron chi connectivity index (χ2n) is 5.74. The van der Waals surface area contributed by atoms with Gasteiger partial charge in [0.15, 0.2) is 0 Å². The first-order valence-corrected chi connectivity index (χ1v) is 7.72. The molecule has 1 heterocycles. The Morgan fingerprint density at radius 3 is 2.71 bits per heavy atom. The van der Waals surface area contributed by atoms with E-state index >= 15 is 0 Å². The molecule has 21 heavy (non-hydrogen) atoms. The Bertz CT molecular complexity index is 463. The van der Waals surface area contributed by atoms with Gasteiger partial charge in [-0.2, -0.15) is 0 Å². The average Bonchev–Trinajstić information content (AvgIpc) is 2.52. The molecule has 0 radical (unpaired) electrons. The maximum atomic E-state index is 12.2. The summed E-state index contributed by atoms with van der Waals surface area (Å²) in [5.74, 6) is 0.182. The molecule has 1 N–H and O–H groups in total. The summed E-state index contributed by atoms with van der Waals surface area (Å²) < 4.78 is 0. The van der Waals surface area contributed by atoms with Gasteiger partial charge in [0.2, 0.25) is 11.8 Å². The molecule has 2 rings (SSSR count). The average molecular weight is 288 g/mol. The number of rotatable bonds is 6. The van der Waals surface area contributed by atoms with Crippen LogP contribution < -0.4 is 5.32 Å². The lowest BCUT2D eigenvalue weighted by atomic mass is 9.97. The second-order valence-corrected chi connectivity index (χ2v) is 5.74. The van der Waals surface area contributed by atoms with Crippen LogP contribution in [0.4, 0.5) is 0 Å². The molecule has 0 aromatic heterocycles. The van der Waals surface area contributed by atoms with Crippen molar-refractivity contribution >= 4 is 11.8 Å². The van der Waals surface area contributed by atoms with Crippen LogP contribution >= 0.6 is 0 Å². The molecule has 1 saturated heterocycles. The molecule has 1 aromatic carbocycles. The van der Waals surface area contributed by atoms with Crippen LogP contribution in [0.25, 0.3) is 0 Å². The van der Waals surface area contributed by atoms with E-state index in [0.29, 0.717) is 19.4 Å². The van der Waals surface area contributed by atoms with Crippen LogP contribution in [0.5, 0.6) is 0 Å². The fourth-order valence-corrected chi connectivity index (χ4v) is 2.69. The van der Waals surface area contributed by atoms with Gasteiger partial charge in [-0.05, 0) is 31.2 Å². The molecule has 1 aliphatic rings. The highest BCUT2D eigenvalue weighted by Crippen LogP contribution is 2.14. The highest BCUT2D eigenvalue weighted by Gasteiger charge is 2.26. The molecule has 0 aliphatic carbocycles. The molecule has 0 spiro atoms. The van der Waals surface area contributed by atoms with E-state index in [1.807, 2.05) is 18.0 Å². The first-order valence-electron chi connectivity index (χ1n) is 7.72. The number of aryl methyl sites for hydroxylation is 1. The Balaban J connectivity index is 1.66. The maximum Gasteiger partial charge on any atom is 0.227 e. The van der Waals surface area contributed by atoms with Crippen molar-refractivity contribution in [3.05, 3.63) is 35.9 Å². The minimum atomic E-state index is -0.0400. The molecule has 1 fully saturated rings. The SMILES string of the molecule is CN(CCCCc1ccccc1)C(=O)C1CCC(=O)NC1. The van der Waals surface area contributed by atoms with Crippen LogP contribution in [0.1, 0.15) is 31.2 Å². The number of piperidine rings is 1. The van der Waals surface area contributed by atoms with Gasteiger partial charge >= 0.3 is 0 Å². The molecular weight excluding hydrogens is 264 g/mol. The lowest BCUT2D eigenvalue weighted by Gasteiger charge is -2.26. The van der Waals surface area contributed by atoms with Crippen LogP contribution in [-0.4, -0.2) is 36.9 Å². The van der Waals surface area contributed by atoms with Crippen molar-refractivity contribution in [2.75, 3.05) is 20.1 Å². The van der Waals surface area contributed by atoms with Crippen LogP contribution in [0.2, 0.25) is 0 Å². The molecule has 1 aliphatic heterocycles. The first kappa shape index (κ1) is 15.5. The number of unbranched alkanes of at least 4 members (excludes halogenated alkanes) is 1. The lowest BCUT2D eigenvalue weighted by Crippen LogP contribution is -2.43. The molecule has 114 valence electrons. The van der Waals surface area contributed by atoms with E-state index in [4.69, 9.17) is 0 Å². The number of nitrogens with zero attached hydrogens (tertiary/aromatic N) is 1. The van der Waals surface area contributed by atoms with E-state index in [1.165, 1.54) is 5.56 Å². The smallest absolute Gasteiger partial charge is 0.227 e. The number of nitrogens with one attached hydrogen (secondary N) is 1. The van der Waals surface area contributed by atoms with Crippen molar-refractivity contribution in [1.82, 2.24) is 10.2 Å². The minimum Gasteiger partial charge on any atom is -0.355 e. The molecule has 0 saturated carbocycles. The van der Waals surface area contributed by atoms with Crippen molar-refractivity contribution < 1.29 is 9.59 Å². The number of amides is 2. The Morgan fingerprint density at radius 1 is 1.29 bits per heavy atom. The summed E-state index contributed by atoms with van der Waals surface area (Å²) >= 11 is 0. The van der Waals surface area contributed by atoms with Gasteiger partial charge in [0.1, 0.15) is 0 Å². The van der Waals surface area contributed by atoms with Crippen molar-refractivity contribution in [3.8, 4) is 0 Å². The number of carbonyl (C=O) groups is 2. The normalized spacial score (nSPS) is 18.1. The van der Waals surface area contributed by atoms with Crippen molar-refractivity contribution in [3.63, 3.8) is 0 Å². The topological polar surface area (TPSA) is 49.4 Å². The fourth-order valence-electron chi connectivity index (χ4n) is 2.69. The zero-order valence-electron chi connectivity index (χ0n) is 12.7. The van der Waals surface area contributed by atoms with Crippen molar-refractivity contribution in [2.24, 2.45) is 5.92 Å². The van der Waals surface area contributed by atoms with E-state index in [2.05, 4.69) is 29.6 Å². The van der Waals surface area contributed by atoms with Gasteiger partial charge in [0.25, 0.3) is 0 Å². The summed E-state index contributed by atoms with van der Waals surface area (Å²) in [6.07, 6.45) is 4.30. The molecule has 1 atom stereocenters. The van der Waals surface area contributed by atoms with Crippen LogP contribution in [-0.2, 0) is 16.0 Å². The molecule has 1 aromatic rings. The summed E-state index contributed by atoms with van der Waals surface area (Å²) in [6.45, 7) is 1.28. The van der Waals surface area contributed by atoms with Crippen molar-refractivity contribution in [2.45, 2.75) is 32.1 Å². The Hall–Kier alpha value is -1.84. The molecule has 0 bridgehead atoms. The predicted octanol–water partition coefficient (Wildman–Crippen LogP) is 1.99. The van der Waals surface area contributed by atoms with E-state index in [-0.39, 0.29) is 17.7 Å². The molecule has 2 amide bonds. The Kier molecular flexibility index (Phi) is 5.78. The van der Waals surface area contributed by atoms with Crippen LogP contribution in [0.15, 0.2) is 30.3 Å². The summed E-state index contributed by atoms with van der Waals surface area (Å²) in [5.41, 5.74) is 1.35. The van der Waals surface area contributed by atoms with Gasteiger partial charge in [-0.1, -0.05) is 30.3 Å². The predicted molar refractivity (Wildman–Crippen MR) is 82.8 cm³/mol. The highest BCUT2D eigenvalue weighted by atomic mass is 16.2. The zero-order valence-corrected chi connectivity index (χ0v) is 12.7. The largest absolute Gasteiger partial charge is 0.355 e. The third-order valence-corrected chi connectivity index (χ3v) is 4.04. The number of hydrogen-bond acceptors (Lipinski definition) is 2. The standard InChI is InChI=1S/C17H24N2O2/c1-19(17(21)15-10-11-16(20)18-13-15)12-6-5-9-14-7-3-2-4-8-14/h2-4,7-8,15H,5-6,9-13H2,1H3,(H,18,20). The van der Waals surface area contributed by atoms with Gasteiger partial charge in [0, 0.05) is 26.6 Å². The molecule has 4 heteroatoms. The monoisotopic (exact) mass is 288 g/mol. The quantitative estimate of drug-likeness (QED) is 0.814. The number of hydrogen-bond donors (Lipinski definition) is 1. The van der Waals surface area contributed by atoms with Crippen LogP contribution in [0.3, 0.4) is 0 Å². The van der Waals surface area contributed by atoms with E-state index in [0.717, 1.165) is 25.8 Å². The van der Waals surface area contributed by atoms with Crippen LogP contribution in [0, 0.1) is 5.92 Å². The van der Waals surface area contributed by atoms with Gasteiger partial charge < -0.3 is 10.2 Å². The van der Waals surface area contributed by atoms with Crippen molar-refractivity contribution in [1.29, 1.82) is 0 Å². The van der Waals surface area contributed by atoms with Gasteiger partial charge in [-0.3, -0.25) is 9.59 Å². The fraction of sp³-hybridized carbons (Fsp3) is 0.529. The van der Waals surface area contributed by atoms with Gasteiger partial charge in [-0.25, -0.2) is 0 Å². The molecule has 1 unspecified atom stereocenters. The van der Waals surface area contributed by atoms with Gasteiger partial charge in [-0.15, -0.1) is 0 Å². The number of benzene rings is 1. The van der Waals surface area contributed by atoms with Gasteiger partial charge in [0.05, 0.1) is 5.92 Å². The first-order chi connectivity index (χ1) is 10.2. The second kappa shape index (κ2) is 7.81. The highest BCUT2D eigenvalue weighted by molar-refractivity contribution is 5.83. The molecule has 4 nitrogen and oxygen atoms in total. The lowest BCUT2D eigenvalue weighted by molar-refractivity contribution is -0.136.